The van der Waals surface area contributed by atoms with Crippen LogP contribution >= 0.6 is 0 Å². The molecule has 0 radical (unpaired) electrons. The zero-order valence-corrected chi connectivity index (χ0v) is 14.2. The number of carbonyl (C=O) groups excluding carboxylic acids is 1. The van der Waals surface area contributed by atoms with Crippen LogP contribution in [0.4, 0.5) is 0 Å². The maximum absolute atomic E-state index is 11.1. The quantitative estimate of drug-likeness (QED) is 0.608. The molecule has 0 amide bonds. The van der Waals surface area contributed by atoms with Crippen LogP contribution in [0.3, 0.4) is 0 Å². The van der Waals surface area contributed by atoms with Crippen molar-refractivity contribution in [3.63, 3.8) is 0 Å². The number of aromatic nitrogens is 1. The highest BCUT2D eigenvalue weighted by Gasteiger charge is 2.13. The molecule has 1 aromatic heterocycles. The molecule has 3 aromatic rings. The Hall–Kier alpha value is -3.08. The van der Waals surface area contributed by atoms with Gasteiger partial charge in [-0.3, -0.25) is 4.79 Å². The molecule has 25 heavy (non-hydrogen) atoms. The molecule has 0 aliphatic rings. The predicted molar refractivity (Wildman–Crippen MR) is 94.3 cm³/mol. The number of para-hydroxylation sites is 1. The Labute approximate surface area is 146 Å². The van der Waals surface area contributed by atoms with Crippen molar-refractivity contribution in [3.05, 3.63) is 65.5 Å². The van der Waals surface area contributed by atoms with E-state index in [0.717, 1.165) is 23.3 Å². The number of nitrogens with zero attached hydrogens (tertiary/aromatic N) is 1. The van der Waals surface area contributed by atoms with Gasteiger partial charge in [0.05, 0.1) is 25.0 Å². The summed E-state index contributed by atoms with van der Waals surface area (Å²) >= 11 is 0. The number of hydrogen-bond acceptors (Lipinski definition) is 5. The van der Waals surface area contributed by atoms with E-state index in [-0.39, 0.29) is 0 Å². The fourth-order valence-electron chi connectivity index (χ4n) is 2.58. The Morgan fingerprint density at radius 2 is 1.92 bits per heavy atom. The minimum Gasteiger partial charge on any atom is -0.492 e. The third kappa shape index (κ3) is 3.71. The molecule has 0 fully saturated rings. The first-order chi connectivity index (χ1) is 12.2. The zero-order valence-electron chi connectivity index (χ0n) is 14.2. The van der Waals surface area contributed by atoms with E-state index >= 15 is 0 Å². The van der Waals surface area contributed by atoms with Gasteiger partial charge < -0.3 is 13.9 Å². The molecule has 0 saturated heterocycles. The largest absolute Gasteiger partial charge is 0.492 e. The Balaban J connectivity index is 1.69. The fraction of sp³-hybridized carbons (Fsp3) is 0.200. The van der Waals surface area contributed by atoms with Gasteiger partial charge in [-0.05, 0) is 31.2 Å². The van der Waals surface area contributed by atoms with E-state index in [1.807, 2.05) is 37.3 Å². The molecule has 0 N–H and O–H groups in total. The number of benzene rings is 2. The second-order valence-corrected chi connectivity index (χ2v) is 5.48. The maximum atomic E-state index is 11.1. The Morgan fingerprint density at radius 3 is 2.64 bits per heavy atom. The Kier molecular flexibility index (Phi) is 5.14. The van der Waals surface area contributed by atoms with Gasteiger partial charge in [0, 0.05) is 12.0 Å². The summed E-state index contributed by atoms with van der Waals surface area (Å²) in [7, 11) is 1.52. The monoisotopic (exact) mass is 337 g/mol. The van der Waals surface area contributed by atoms with Crippen molar-refractivity contribution < 1.29 is 18.7 Å². The molecular formula is C20H19NO4. The molecular weight excluding hydrogens is 318 g/mol. The van der Waals surface area contributed by atoms with Crippen LogP contribution in [0, 0.1) is 6.92 Å². The number of rotatable bonds is 7. The van der Waals surface area contributed by atoms with Crippen LogP contribution in [0.25, 0.3) is 11.5 Å². The van der Waals surface area contributed by atoms with Crippen molar-refractivity contribution in [3.8, 4) is 23.0 Å². The highest BCUT2D eigenvalue weighted by molar-refractivity contribution is 5.81. The van der Waals surface area contributed by atoms with E-state index < -0.39 is 0 Å². The van der Waals surface area contributed by atoms with Crippen LogP contribution in [0.15, 0.2) is 52.9 Å². The number of oxazole rings is 1. The van der Waals surface area contributed by atoms with E-state index in [9.17, 15) is 4.79 Å². The van der Waals surface area contributed by atoms with Gasteiger partial charge in [0.1, 0.15) is 5.76 Å². The Bertz CT molecular complexity index is 855. The van der Waals surface area contributed by atoms with E-state index in [1.54, 1.807) is 18.2 Å². The van der Waals surface area contributed by atoms with Crippen LogP contribution in [0.1, 0.15) is 21.8 Å². The van der Waals surface area contributed by atoms with E-state index in [0.29, 0.717) is 36.0 Å². The number of aldehydes is 1. The third-order valence-corrected chi connectivity index (χ3v) is 3.85. The van der Waals surface area contributed by atoms with Crippen LogP contribution in [-0.4, -0.2) is 25.0 Å². The molecule has 5 heteroatoms. The normalized spacial score (nSPS) is 10.5. The van der Waals surface area contributed by atoms with Crippen molar-refractivity contribution in [2.45, 2.75) is 13.3 Å². The molecule has 3 rings (SSSR count). The van der Waals surface area contributed by atoms with Crippen molar-refractivity contribution in [1.29, 1.82) is 0 Å². The standard InChI is InChI=1S/C20H19NO4/c1-14-17(21-20(25-14)15-7-4-3-5-8-15)11-12-24-18-10-6-9-16(13-22)19(18)23-2/h3-10,13H,11-12H2,1-2H3. The van der Waals surface area contributed by atoms with Crippen LogP contribution in [0.2, 0.25) is 0 Å². The number of aryl methyl sites for hydroxylation is 1. The number of methoxy groups -OCH3 is 1. The van der Waals surface area contributed by atoms with Gasteiger partial charge in [-0.15, -0.1) is 0 Å². The van der Waals surface area contributed by atoms with Gasteiger partial charge in [0.25, 0.3) is 0 Å². The minimum atomic E-state index is 0.403. The zero-order chi connectivity index (χ0) is 17.6. The smallest absolute Gasteiger partial charge is 0.226 e. The molecule has 0 saturated carbocycles. The summed E-state index contributed by atoms with van der Waals surface area (Å²) in [5, 5.41) is 0. The molecule has 2 aromatic carbocycles. The van der Waals surface area contributed by atoms with Crippen molar-refractivity contribution in [2.24, 2.45) is 0 Å². The van der Waals surface area contributed by atoms with E-state index in [2.05, 4.69) is 4.98 Å². The summed E-state index contributed by atoms with van der Waals surface area (Å²) < 4.78 is 16.8. The van der Waals surface area contributed by atoms with Crippen LogP contribution in [0.5, 0.6) is 11.5 Å². The first-order valence-electron chi connectivity index (χ1n) is 7.99. The lowest BCUT2D eigenvalue weighted by atomic mass is 10.2. The molecule has 0 spiro atoms. The lowest BCUT2D eigenvalue weighted by Crippen LogP contribution is -2.04. The molecule has 5 nitrogen and oxygen atoms in total. The highest BCUT2D eigenvalue weighted by atomic mass is 16.5. The van der Waals surface area contributed by atoms with E-state index in [4.69, 9.17) is 13.9 Å². The summed E-state index contributed by atoms with van der Waals surface area (Å²) in [6, 6.07) is 15.0. The van der Waals surface area contributed by atoms with Crippen molar-refractivity contribution >= 4 is 6.29 Å². The molecule has 0 atom stereocenters. The summed E-state index contributed by atoms with van der Waals surface area (Å²) in [6.07, 6.45) is 1.34. The van der Waals surface area contributed by atoms with Gasteiger partial charge in [0.15, 0.2) is 17.8 Å². The molecule has 0 aliphatic carbocycles. The van der Waals surface area contributed by atoms with Gasteiger partial charge >= 0.3 is 0 Å². The second-order valence-electron chi connectivity index (χ2n) is 5.48. The van der Waals surface area contributed by atoms with Gasteiger partial charge in [-0.2, -0.15) is 0 Å². The molecule has 1 heterocycles. The highest BCUT2D eigenvalue weighted by Crippen LogP contribution is 2.30. The lowest BCUT2D eigenvalue weighted by molar-refractivity contribution is 0.111. The lowest BCUT2D eigenvalue weighted by Gasteiger charge is -2.11. The number of ether oxygens (including phenoxy) is 2. The fourth-order valence-corrected chi connectivity index (χ4v) is 2.58. The average Bonchev–Trinajstić information content (AvgIpc) is 3.03. The van der Waals surface area contributed by atoms with Crippen molar-refractivity contribution in [1.82, 2.24) is 4.98 Å². The van der Waals surface area contributed by atoms with Gasteiger partial charge in [0.2, 0.25) is 5.89 Å². The van der Waals surface area contributed by atoms with Crippen molar-refractivity contribution in [2.75, 3.05) is 13.7 Å². The molecule has 0 bridgehead atoms. The average molecular weight is 337 g/mol. The topological polar surface area (TPSA) is 61.6 Å². The first-order valence-corrected chi connectivity index (χ1v) is 7.99. The Morgan fingerprint density at radius 1 is 1.12 bits per heavy atom. The van der Waals surface area contributed by atoms with Gasteiger partial charge in [-0.1, -0.05) is 24.3 Å². The molecule has 128 valence electrons. The third-order valence-electron chi connectivity index (χ3n) is 3.85. The molecule has 0 aliphatic heterocycles. The summed E-state index contributed by atoms with van der Waals surface area (Å²) in [5.74, 6) is 2.36. The summed E-state index contributed by atoms with van der Waals surface area (Å²) in [6.45, 7) is 2.29. The second kappa shape index (κ2) is 7.66. The predicted octanol–water partition coefficient (Wildman–Crippen LogP) is 4.09. The van der Waals surface area contributed by atoms with Crippen LogP contribution < -0.4 is 9.47 Å². The SMILES string of the molecule is COc1c(C=O)cccc1OCCc1nc(-c2ccccc2)oc1C. The number of hydrogen-bond donors (Lipinski definition) is 0. The molecule has 0 unspecified atom stereocenters. The summed E-state index contributed by atoms with van der Waals surface area (Å²) in [4.78, 5) is 15.6. The van der Waals surface area contributed by atoms with Crippen LogP contribution in [-0.2, 0) is 6.42 Å². The minimum absolute atomic E-state index is 0.403. The number of carbonyl (C=O) groups is 1. The van der Waals surface area contributed by atoms with Gasteiger partial charge in [-0.25, -0.2) is 4.98 Å². The first kappa shape index (κ1) is 16.8. The maximum Gasteiger partial charge on any atom is 0.226 e. The van der Waals surface area contributed by atoms with E-state index in [1.165, 1.54) is 7.11 Å². The summed E-state index contributed by atoms with van der Waals surface area (Å²) in [5.41, 5.74) is 2.26.